The molecule has 3 unspecified atom stereocenters. The number of para-hydroxylation sites is 1. The minimum atomic E-state index is -0.265. The number of aliphatic hydroxyl groups excluding tert-OH is 1. The fourth-order valence-electron chi connectivity index (χ4n) is 3.30. The molecule has 5 heteroatoms. The summed E-state index contributed by atoms with van der Waals surface area (Å²) < 4.78 is 5.50. The predicted molar refractivity (Wildman–Crippen MR) is 89.2 cm³/mol. The summed E-state index contributed by atoms with van der Waals surface area (Å²) in [4.78, 5) is 15.4. The number of aliphatic hydroxyl groups is 1. The first-order valence-corrected chi connectivity index (χ1v) is 8.24. The quantitative estimate of drug-likeness (QED) is 0.763. The summed E-state index contributed by atoms with van der Waals surface area (Å²) in [7, 11) is 0. The maximum Gasteiger partial charge on any atom is 0.220 e. The molecule has 1 saturated heterocycles. The first-order valence-electron chi connectivity index (χ1n) is 8.24. The molecular formula is C18H24N2O3. The van der Waals surface area contributed by atoms with Crippen molar-refractivity contribution in [1.29, 1.82) is 0 Å². The molecule has 1 fully saturated rings. The number of nitrogens with one attached hydrogen (secondary N) is 2. The summed E-state index contributed by atoms with van der Waals surface area (Å²) in [5, 5.41) is 13.7. The average molecular weight is 316 g/mol. The van der Waals surface area contributed by atoms with Crippen molar-refractivity contribution in [3.63, 3.8) is 0 Å². The van der Waals surface area contributed by atoms with Gasteiger partial charge in [-0.1, -0.05) is 18.2 Å². The fraction of sp³-hybridized carbons (Fsp3) is 0.500. The third-order valence-electron chi connectivity index (χ3n) is 4.71. The Morgan fingerprint density at radius 2 is 2.30 bits per heavy atom. The highest BCUT2D eigenvalue weighted by Crippen LogP contribution is 2.24. The van der Waals surface area contributed by atoms with Crippen LogP contribution >= 0.6 is 0 Å². The van der Waals surface area contributed by atoms with Crippen molar-refractivity contribution in [3.05, 3.63) is 36.0 Å². The zero-order valence-corrected chi connectivity index (χ0v) is 13.4. The van der Waals surface area contributed by atoms with Crippen LogP contribution in [0.5, 0.6) is 0 Å². The van der Waals surface area contributed by atoms with E-state index in [9.17, 15) is 9.90 Å². The first kappa shape index (κ1) is 16.0. The van der Waals surface area contributed by atoms with E-state index in [2.05, 4.69) is 16.4 Å². The highest BCUT2D eigenvalue weighted by molar-refractivity contribution is 5.83. The van der Waals surface area contributed by atoms with Crippen LogP contribution in [0.4, 0.5) is 0 Å². The van der Waals surface area contributed by atoms with Gasteiger partial charge in [0.15, 0.2) is 0 Å². The van der Waals surface area contributed by atoms with E-state index in [0.29, 0.717) is 12.8 Å². The molecule has 3 atom stereocenters. The van der Waals surface area contributed by atoms with Crippen molar-refractivity contribution in [2.24, 2.45) is 5.92 Å². The standard InChI is InChI=1S/C18H24N2O3/c1-12-13(6-7-23-12)9-18(22)20-15(11-21)8-14-10-19-17-5-3-2-4-16(14)17/h2-5,10,12-13,15,19,21H,6-9,11H2,1H3,(H,20,22). The highest BCUT2D eigenvalue weighted by atomic mass is 16.5. The van der Waals surface area contributed by atoms with E-state index in [4.69, 9.17) is 4.74 Å². The monoisotopic (exact) mass is 316 g/mol. The van der Waals surface area contributed by atoms with Gasteiger partial charge in [0.2, 0.25) is 5.91 Å². The number of aromatic nitrogens is 1. The maximum atomic E-state index is 12.2. The predicted octanol–water partition coefficient (Wildman–Crippen LogP) is 2.00. The molecule has 23 heavy (non-hydrogen) atoms. The molecule has 0 spiro atoms. The summed E-state index contributed by atoms with van der Waals surface area (Å²) in [6, 6.07) is 7.79. The second kappa shape index (κ2) is 7.15. The number of H-pyrrole nitrogens is 1. The van der Waals surface area contributed by atoms with Gasteiger partial charge in [0.25, 0.3) is 0 Å². The number of hydrogen-bond acceptors (Lipinski definition) is 3. The molecule has 0 aliphatic carbocycles. The van der Waals surface area contributed by atoms with Crippen LogP contribution in [0.15, 0.2) is 30.5 Å². The molecule has 3 rings (SSSR count). The number of hydrogen-bond donors (Lipinski definition) is 3. The lowest BCUT2D eigenvalue weighted by atomic mass is 9.98. The van der Waals surface area contributed by atoms with Crippen LogP contribution in [0.3, 0.4) is 0 Å². The number of fused-ring (bicyclic) bond motifs is 1. The molecular weight excluding hydrogens is 292 g/mol. The summed E-state index contributed by atoms with van der Waals surface area (Å²) in [5.41, 5.74) is 2.18. The largest absolute Gasteiger partial charge is 0.394 e. The lowest BCUT2D eigenvalue weighted by Gasteiger charge is -2.19. The zero-order valence-electron chi connectivity index (χ0n) is 13.4. The van der Waals surface area contributed by atoms with Crippen LogP contribution in [0, 0.1) is 5.92 Å². The number of carbonyl (C=O) groups excluding carboxylic acids is 1. The van der Waals surface area contributed by atoms with Gasteiger partial charge in [0, 0.05) is 30.1 Å². The van der Waals surface area contributed by atoms with Gasteiger partial charge in [0.05, 0.1) is 18.8 Å². The van der Waals surface area contributed by atoms with E-state index < -0.39 is 0 Å². The van der Waals surface area contributed by atoms with E-state index in [-0.39, 0.29) is 30.6 Å². The Morgan fingerprint density at radius 1 is 1.48 bits per heavy atom. The Kier molecular flexibility index (Phi) is 4.98. The summed E-state index contributed by atoms with van der Waals surface area (Å²) in [6.07, 6.45) is 4.10. The van der Waals surface area contributed by atoms with E-state index in [0.717, 1.165) is 29.5 Å². The lowest BCUT2D eigenvalue weighted by Crippen LogP contribution is -2.40. The van der Waals surface area contributed by atoms with Crippen molar-refractivity contribution in [3.8, 4) is 0 Å². The average Bonchev–Trinajstić information content (AvgIpc) is 3.14. The van der Waals surface area contributed by atoms with Gasteiger partial charge in [0.1, 0.15) is 0 Å². The van der Waals surface area contributed by atoms with Crippen molar-refractivity contribution in [2.75, 3.05) is 13.2 Å². The Morgan fingerprint density at radius 3 is 3.04 bits per heavy atom. The highest BCUT2D eigenvalue weighted by Gasteiger charge is 2.27. The van der Waals surface area contributed by atoms with Crippen LogP contribution in [0.25, 0.3) is 10.9 Å². The second-order valence-corrected chi connectivity index (χ2v) is 6.34. The molecule has 124 valence electrons. The number of ether oxygens (including phenoxy) is 1. The van der Waals surface area contributed by atoms with E-state index in [1.807, 2.05) is 31.3 Å². The fourth-order valence-corrected chi connectivity index (χ4v) is 3.30. The van der Waals surface area contributed by atoms with Crippen LogP contribution in [-0.4, -0.2) is 41.4 Å². The van der Waals surface area contributed by atoms with Crippen LogP contribution < -0.4 is 5.32 Å². The Bertz CT molecular complexity index is 667. The van der Waals surface area contributed by atoms with Crippen molar-refractivity contribution in [1.82, 2.24) is 10.3 Å². The van der Waals surface area contributed by atoms with Gasteiger partial charge in [-0.25, -0.2) is 0 Å². The summed E-state index contributed by atoms with van der Waals surface area (Å²) in [5.74, 6) is 0.272. The molecule has 0 bridgehead atoms. The molecule has 1 aromatic carbocycles. The van der Waals surface area contributed by atoms with Gasteiger partial charge >= 0.3 is 0 Å². The minimum Gasteiger partial charge on any atom is -0.394 e. The Balaban J connectivity index is 1.60. The number of benzene rings is 1. The zero-order chi connectivity index (χ0) is 16.2. The number of carbonyl (C=O) groups is 1. The third kappa shape index (κ3) is 3.74. The van der Waals surface area contributed by atoms with Gasteiger partial charge in [-0.05, 0) is 37.3 Å². The minimum absolute atomic E-state index is 0.00811. The van der Waals surface area contributed by atoms with Crippen LogP contribution in [-0.2, 0) is 16.0 Å². The van der Waals surface area contributed by atoms with Crippen molar-refractivity contribution >= 4 is 16.8 Å². The molecule has 1 amide bonds. The smallest absolute Gasteiger partial charge is 0.220 e. The van der Waals surface area contributed by atoms with Crippen LogP contribution in [0.1, 0.15) is 25.3 Å². The van der Waals surface area contributed by atoms with Crippen molar-refractivity contribution in [2.45, 2.75) is 38.3 Å². The Hall–Kier alpha value is -1.85. The topological polar surface area (TPSA) is 74.3 Å². The second-order valence-electron chi connectivity index (χ2n) is 6.34. The lowest BCUT2D eigenvalue weighted by molar-refractivity contribution is -0.123. The van der Waals surface area contributed by atoms with E-state index in [1.54, 1.807) is 0 Å². The van der Waals surface area contributed by atoms with Crippen molar-refractivity contribution < 1.29 is 14.6 Å². The summed E-state index contributed by atoms with van der Waals surface area (Å²) >= 11 is 0. The molecule has 0 saturated carbocycles. The normalized spacial score (nSPS) is 22.3. The molecule has 1 aromatic heterocycles. The number of rotatable bonds is 6. The van der Waals surface area contributed by atoms with Gasteiger partial charge in [-0.15, -0.1) is 0 Å². The molecule has 1 aliphatic heterocycles. The van der Waals surface area contributed by atoms with Gasteiger partial charge in [-0.2, -0.15) is 0 Å². The molecule has 0 radical (unpaired) electrons. The van der Waals surface area contributed by atoms with E-state index >= 15 is 0 Å². The third-order valence-corrected chi connectivity index (χ3v) is 4.71. The Labute approximate surface area is 136 Å². The molecule has 2 heterocycles. The summed E-state index contributed by atoms with van der Waals surface area (Å²) in [6.45, 7) is 2.68. The molecule has 2 aromatic rings. The van der Waals surface area contributed by atoms with Gasteiger partial charge in [-0.3, -0.25) is 4.79 Å². The molecule has 1 aliphatic rings. The SMILES string of the molecule is CC1OCCC1CC(=O)NC(CO)Cc1c[nH]c2ccccc12. The first-order chi connectivity index (χ1) is 11.2. The van der Waals surface area contributed by atoms with Crippen LogP contribution in [0.2, 0.25) is 0 Å². The van der Waals surface area contributed by atoms with Gasteiger partial charge < -0.3 is 20.1 Å². The maximum absolute atomic E-state index is 12.2. The number of aromatic amines is 1. The molecule has 5 nitrogen and oxygen atoms in total. The molecule has 3 N–H and O–H groups in total. The van der Waals surface area contributed by atoms with E-state index in [1.165, 1.54) is 0 Å². The number of amides is 1.